The average molecular weight is 442 g/mol. The number of phenolic OH excluding ortho intramolecular Hbond substituents is 1. The Kier molecular flexibility index (Phi) is 6.78. The minimum Gasteiger partial charge on any atom is -0.508 e. The fourth-order valence-corrected chi connectivity index (χ4v) is 4.57. The number of carboxylic acid groups (broad SMARTS) is 1. The zero-order valence-electron chi connectivity index (χ0n) is 16.5. The van der Waals surface area contributed by atoms with Crippen molar-refractivity contribution < 1.29 is 28.2 Å². The lowest BCUT2D eigenvalue weighted by Crippen LogP contribution is -2.35. The molecule has 1 heterocycles. The Bertz CT molecular complexity index is 1140. The van der Waals surface area contributed by atoms with Crippen molar-refractivity contribution in [3.63, 3.8) is 0 Å². The molecule has 4 rings (SSSR count). The number of primary amides is 1. The van der Waals surface area contributed by atoms with Crippen LogP contribution in [-0.2, 0) is 23.0 Å². The van der Waals surface area contributed by atoms with Gasteiger partial charge in [0.25, 0.3) is 0 Å². The minimum atomic E-state index is -3.56. The maximum Gasteiger partial charge on any atom is 0.402 e. The molecule has 31 heavy (non-hydrogen) atoms. The van der Waals surface area contributed by atoms with Crippen molar-refractivity contribution in [2.45, 2.75) is 17.9 Å². The fraction of sp³-hybridized carbons (Fsp3) is 0.136. The standard InChI is InChI=1S/C21H19NO4S.CH3NO2/c23-18-5-7-19(8-6-18)26-20-9-11-21(12-10-20)27(24,25)22-14-13-16-3-1-2-4-17(16)15-22;2-1(3)4/h1-12,23H,13-15H2;2H2,(H,3,4). The molecule has 3 aromatic carbocycles. The van der Waals surface area contributed by atoms with Crippen molar-refractivity contribution in [3.05, 3.63) is 83.9 Å². The maximum absolute atomic E-state index is 13.0. The van der Waals surface area contributed by atoms with Gasteiger partial charge in [0, 0.05) is 13.1 Å². The molecule has 0 fully saturated rings. The molecule has 4 N–H and O–H groups in total. The number of hydrogen-bond donors (Lipinski definition) is 3. The second-order valence-corrected chi connectivity index (χ2v) is 8.70. The summed E-state index contributed by atoms with van der Waals surface area (Å²) in [5.74, 6) is 1.26. The molecule has 0 saturated carbocycles. The molecule has 0 atom stereocenters. The van der Waals surface area contributed by atoms with Gasteiger partial charge in [-0.15, -0.1) is 0 Å². The highest BCUT2D eigenvalue weighted by atomic mass is 32.2. The second-order valence-electron chi connectivity index (χ2n) is 6.76. The Balaban J connectivity index is 0.000000628. The van der Waals surface area contributed by atoms with Gasteiger partial charge in [-0.05, 0) is 66.1 Å². The van der Waals surface area contributed by atoms with Crippen LogP contribution in [0.15, 0.2) is 77.7 Å². The van der Waals surface area contributed by atoms with Gasteiger partial charge in [0.15, 0.2) is 0 Å². The van der Waals surface area contributed by atoms with E-state index in [1.807, 2.05) is 18.2 Å². The number of ether oxygens (including phenoxy) is 1. The molecular formula is C22H22N2O6S. The van der Waals surface area contributed by atoms with E-state index in [-0.39, 0.29) is 10.6 Å². The average Bonchev–Trinajstić information content (AvgIpc) is 2.75. The lowest BCUT2D eigenvalue weighted by molar-refractivity contribution is 0.205. The Hall–Kier alpha value is -3.56. The third-order valence-electron chi connectivity index (χ3n) is 4.63. The van der Waals surface area contributed by atoms with E-state index in [2.05, 4.69) is 11.8 Å². The lowest BCUT2D eigenvalue weighted by Gasteiger charge is -2.28. The second kappa shape index (κ2) is 9.50. The molecule has 0 spiro atoms. The highest BCUT2D eigenvalue weighted by Gasteiger charge is 2.28. The zero-order chi connectivity index (χ0) is 22.4. The smallest absolute Gasteiger partial charge is 0.402 e. The number of phenols is 1. The van der Waals surface area contributed by atoms with Crippen LogP contribution in [-0.4, -0.2) is 35.6 Å². The molecule has 1 aliphatic heterocycles. The van der Waals surface area contributed by atoms with E-state index < -0.39 is 16.1 Å². The third kappa shape index (κ3) is 5.74. The number of nitrogens with two attached hydrogens (primary N) is 1. The highest BCUT2D eigenvalue weighted by Crippen LogP contribution is 2.28. The third-order valence-corrected chi connectivity index (χ3v) is 6.49. The molecule has 3 aromatic rings. The normalized spacial score (nSPS) is 13.4. The first-order valence-corrected chi connectivity index (χ1v) is 10.8. The van der Waals surface area contributed by atoms with Crippen molar-refractivity contribution in [1.82, 2.24) is 4.31 Å². The Morgan fingerprint density at radius 3 is 2.00 bits per heavy atom. The zero-order valence-corrected chi connectivity index (χ0v) is 17.3. The van der Waals surface area contributed by atoms with Crippen molar-refractivity contribution in [2.75, 3.05) is 6.54 Å². The predicted molar refractivity (Wildman–Crippen MR) is 115 cm³/mol. The topological polar surface area (TPSA) is 130 Å². The number of nitrogens with zero attached hydrogens (tertiary/aromatic N) is 1. The number of hydrogen-bond acceptors (Lipinski definition) is 5. The molecular weight excluding hydrogens is 420 g/mol. The van der Waals surface area contributed by atoms with Gasteiger partial charge in [0.05, 0.1) is 4.90 Å². The van der Waals surface area contributed by atoms with E-state index in [9.17, 15) is 13.5 Å². The molecule has 0 aromatic heterocycles. The van der Waals surface area contributed by atoms with E-state index >= 15 is 0 Å². The van der Waals surface area contributed by atoms with Crippen molar-refractivity contribution in [1.29, 1.82) is 0 Å². The van der Waals surface area contributed by atoms with Gasteiger partial charge in [-0.25, -0.2) is 13.2 Å². The van der Waals surface area contributed by atoms with Crippen LogP contribution in [0, 0.1) is 0 Å². The van der Waals surface area contributed by atoms with E-state index in [0.717, 1.165) is 12.0 Å². The monoisotopic (exact) mass is 442 g/mol. The maximum atomic E-state index is 13.0. The van der Waals surface area contributed by atoms with Crippen LogP contribution in [0.25, 0.3) is 0 Å². The number of sulfonamides is 1. The quantitative estimate of drug-likeness (QED) is 0.566. The number of rotatable bonds is 4. The Labute approximate surface area is 180 Å². The fourth-order valence-electron chi connectivity index (χ4n) is 3.15. The van der Waals surface area contributed by atoms with Gasteiger partial charge >= 0.3 is 6.09 Å². The van der Waals surface area contributed by atoms with Gasteiger partial charge in [-0.2, -0.15) is 4.31 Å². The van der Waals surface area contributed by atoms with Crippen LogP contribution < -0.4 is 10.5 Å². The van der Waals surface area contributed by atoms with Gasteiger partial charge in [-0.1, -0.05) is 24.3 Å². The van der Waals surface area contributed by atoms with Crippen LogP contribution in [0.3, 0.4) is 0 Å². The summed E-state index contributed by atoms with van der Waals surface area (Å²) in [5, 5.41) is 16.5. The van der Waals surface area contributed by atoms with Crippen LogP contribution >= 0.6 is 0 Å². The van der Waals surface area contributed by atoms with Gasteiger partial charge < -0.3 is 20.7 Å². The summed E-state index contributed by atoms with van der Waals surface area (Å²) in [7, 11) is -3.56. The first-order chi connectivity index (χ1) is 14.8. The van der Waals surface area contributed by atoms with Gasteiger partial charge in [0.2, 0.25) is 10.0 Å². The van der Waals surface area contributed by atoms with Crippen LogP contribution in [0.5, 0.6) is 17.2 Å². The number of carbonyl (C=O) groups is 1. The SMILES string of the molecule is NC(=O)O.O=S(=O)(c1ccc(Oc2ccc(O)cc2)cc1)N1CCc2ccccc2C1. The predicted octanol–water partition coefficient (Wildman–Crippen LogP) is 3.55. The summed E-state index contributed by atoms with van der Waals surface area (Å²) >= 11 is 0. The minimum absolute atomic E-state index is 0.159. The van der Waals surface area contributed by atoms with Gasteiger partial charge in [0.1, 0.15) is 17.2 Å². The van der Waals surface area contributed by atoms with Crippen molar-refractivity contribution in [2.24, 2.45) is 5.73 Å². The molecule has 162 valence electrons. The Morgan fingerprint density at radius 2 is 1.42 bits per heavy atom. The summed E-state index contributed by atoms with van der Waals surface area (Å²) in [6, 6.07) is 20.7. The van der Waals surface area contributed by atoms with Crippen LogP contribution in [0.4, 0.5) is 4.79 Å². The molecule has 8 nitrogen and oxygen atoms in total. The molecule has 0 bridgehead atoms. The summed E-state index contributed by atoms with van der Waals surface area (Å²) < 4.78 is 33.1. The number of amides is 1. The molecule has 9 heteroatoms. The van der Waals surface area contributed by atoms with Gasteiger partial charge in [-0.3, -0.25) is 0 Å². The molecule has 0 aliphatic carbocycles. The highest BCUT2D eigenvalue weighted by molar-refractivity contribution is 7.89. The molecule has 0 saturated heterocycles. The van der Waals surface area contributed by atoms with E-state index in [0.29, 0.717) is 24.6 Å². The largest absolute Gasteiger partial charge is 0.508 e. The van der Waals surface area contributed by atoms with E-state index in [1.165, 1.54) is 22.0 Å². The van der Waals surface area contributed by atoms with Crippen molar-refractivity contribution >= 4 is 16.1 Å². The summed E-state index contributed by atoms with van der Waals surface area (Å²) in [6.07, 6.45) is -0.614. The molecule has 1 aliphatic rings. The van der Waals surface area contributed by atoms with Crippen LogP contribution in [0.2, 0.25) is 0 Å². The first kappa shape index (κ1) is 22.1. The molecule has 0 radical (unpaired) electrons. The summed E-state index contributed by atoms with van der Waals surface area (Å²) in [4.78, 5) is 9.03. The molecule has 1 amide bonds. The first-order valence-electron chi connectivity index (χ1n) is 9.38. The summed E-state index contributed by atoms with van der Waals surface area (Å²) in [5.41, 5.74) is 6.29. The van der Waals surface area contributed by atoms with Crippen LogP contribution in [0.1, 0.15) is 11.1 Å². The molecule has 0 unspecified atom stereocenters. The van der Waals surface area contributed by atoms with Crippen molar-refractivity contribution in [3.8, 4) is 17.2 Å². The number of benzene rings is 3. The van der Waals surface area contributed by atoms with E-state index in [1.54, 1.807) is 36.4 Å². The Morgan fingerprint density at radius 1 is 0.903 bits per heavy atom. The summed E-state index contributed by atoms with van der Waals surface area (Å²) in [6.45, 7) is 0.870. The van der Waals surface area contributed by atoms with E-state index in [4.69, 9.17) is 14.6 Å². The number of fused-ring (bicyclic) bond motifs is 1. The lowest BCUT2D eigenvalue weighted by atomic mass is 10.0. The number of aromatic hydroxyl groups is 1.